The molecule has 0 bridgehead atoms. The molecule has 3 heterocycles. The number of imidazole rings is 1. The van der Waals surface area contributed by atoms with E-state index in [0.717, 1.165) is 53.2 Å². The summed E-state index contributed by atoms with van der Waals surface area (Å²) in [6, 6.07) is 13.7. The number of benzene rings is 2. The number of fused-ring (bicyclic) bond motifs is 2. The quantitative estimate of drug-likeness (QED) is 0.358. The first-order chi connectivity index (χ1) is 16.4. The van der Waals surface area contributed by atoms with Crippen molar-refractivity contribution in [3.8, 4) is 0 Å². The van der Waals surface area contributed by atoms with Gasteiger partial charge in [0, 0.05) is 19.6 Å². The largest absolute Gasteiger partial charge is 0.327 e. The molecule has 1 aliphatic rings. The predicted octanol–water partition coefficient (Wildman–Crippen LogP) is 5.03. The van der Waals surface area contributed by atoms with Gasteiger partial charge in [0.15, 0.2) is 0 Å². The smallest absolute Gasteiger partial charge is 0.243 e. The molecule has 5 rings (SSSR count). The van der Waals surface area contributed by atoms with Crippen LogP contribution >= 0.6 is 11.3 Å². The molecule has 1 aliphatic heterocycles. The minimum absolute atomic E-state index is 0.137. The van der Waals surface area contributed by atoms with E-state index in [-0.39, 0.29) is 6.04 Å². The number of rotatable bonds is 7. The van der Waals surface area contributed by atoms with Gasteiger partial charge >= 0.3 is 0 Å². The summed E-state index contributed by atoms with van der Waals surface area (Å²) in [5, 5.41) is 1.08. The molecule has 7 nitrogen and oxygen atoms in total. The topological polar surface area (TPSA) is 71.3 Å². The van der Waals surface area contributed by atoms with Gasteiger partial charge in [-0.1, -0.05) is 18.6 Å². The van der Waals surface area contributed by atoms with E-state index in [2.05, 4.69) is 36.4 Å². The van der Waals surface area contributed by atoms with Crippen molar-refractivity contribution in [1.82, 2.24) is 23.7 Å². The number of nitrogens with zero attached hydrogens (tertiary/aromatic N) is 5. The highest BCUT2D eigenvalue weighted by Crippen LogP contribution is 2.30. The van der Waals surface area contributed by atoms with Gasteiger partial charge < -0.3 is 4.57 Å². The molecule has 0 radical (unpaired) electrons. The van der Waals surface area contributed by atoms with E-state index in [0.29, 0.717) is 24.5 Å². The van der Waals surface area contributed by atoms with E-state index in [4.69, 9.17) is 9.97 Å². The molecule has 0 saturated carbocycles. The maximum absolute atomic E-state index is 13.2. The number of aromatic nitrogens is 3. The summed E-state index contributed by atoms with van der Waals surface area (Å²) in [6.07, 6.45) is 2.95. The summed E-state index contributed by atoms with van der Waals surface area (Å²) in [5.41, 5.74) is 2.73. The van der Waals surface area contributed by atoms with E-state index in [1.165, 1.54) is 4.70 Å². The van der Waals surface area contributed by atoms with Gasteiger partial charge in [-0.25, -0.2) is 18.4 Å². The average Bonchev–Trinajstić information content (AvgIpc) is 3.44. The van der Waals surface area contributed by atoms with Crippen LogP contribution in [0, 0.1) is 0 Å². The van der Waals surface area contributed by atoms with Gasteiger partial charge in [0.1, 0.15) is 10.8 Å². The number of sulfonamides is 1. The van der Waals surface area contributed by atoms with Crippen LogP contribution in [-0.2, 0) is 23.1 Å². The lowest BCUT2D eigenvalue weighted by Crippen LogP contribution is -2.35. The number of piperidine rings is 1. The first-order valence-corrected chi connectivity index (χ1v) is 14.2. The van der Waals surface area contributed by atoms with Gasteiger partial charge in [0.05, 0.1) is 38.7 Å². The molecule has 0 N–H and O–H groups in total. The van der Waals surface area contributed by atoms with Crippen LogP contribution in [0.4, 0.5) is 0 Å². The minimum Gasteiger partial charge on any atom is -0.327 e. The summed E-state index contributed by atoms with van der Waals surface area (Å²) >= 11 is 1.73. The third kappa shape index (κ3) is 4.26. The zero-order chi connectivity index (χ0) is 23.9. The second-order valence-corrected chi connectivity index (χ2v) is 12.0. The van der Waals surface area contributed by atoms with Gasteiger partial charge in [0.2, 0.25) is 10.0 Å². The lowest BCUT2D eigenvalue weighted by molar-refractivity contribution is 0.244. The molecule has 34 heavy (non-hydrogen) atoms. The molecule has 1 atom stereocenters. The van der Waals surface area contributed by atoms with Crippen molar-refractivity contribution in [3.05, 3.63) is 53.3 Å². The number of para-hydroxylation sites is 1. The Morgan fingerprint density at radius 3 is 2.56 bits per heavy atom. The lowest BCUT2D eigenvalue weighted by Gasteiger charge is -2.25. The van der Waals surface area contributed by atoms with E-state index in [1.807, 2.05) is 24.3 Å². The number of thiazole rings is 1. The Morgan fingerprint density at radius 1 is 1.06 bits per heavy atom. The van der Waals surface area contributed by atoms with Crippen molar-refractivity contribution in [2.45, 2.75) is 57.1 Å². The standard InChI is InChI=1S/C25H31N5O2S2/c1-4-30-22-13-12-19(34(31,32)29-14-8-5-9-15-29)16-21(22)26-24(30)17-28(3)18(2)25-27-20-10-6-7-11-23(20)33-25/h6-7,10-13,16,18H,4-5,8-9,14-15,17H2,1-3H3. The van der Waals surface area contributed by atoms with E-state index < -0.39 is 10.0 Å². The monoisotopic (exact) mass is 497 g/mol. The Balaban J connectivity index is 1.42. The third-order valence-corrected chi connectivity index (χ3v) is 9.89. The van der Waals surface area contributed by atoms with Gasteiger partial charge in [-0.15, -0.1) is 11.3 Å². The number of hydrogen-bond acceptors (Lipinski definition) is 6. The highest BCUT2D eigenvalue weighted by Gasteiger charge is 2.27. The first-order valence-electron chi connectivity index (χ1n) is 11.9. The van der Waals surface area contributed by atoms with Gasteiger partial charge in [-0.05, 0) is 64.1 Å². The number of hydrogen-bond donors (Lipinski definition) is 0. The zero-order valence-corrected chi connectivity index (χ0v) is 21.6. The zero-order valence-electron chi connectivity index (χ0n) is 19.9. The molecule has 9 heteroatoms. The Morgan fingerprint density at radius 2 is 1.82 bits per heavy atom. The van der Waals surface area contributed by atoms with Crippen LogP contribution in [0.2, 0.25) is 0 Å². The summed E-state index contributed by atoms with van der Waals surface area (Å²) in [5.74, 6) is 0.931. The minimum atomic E-state index is -3.48. The molecule has 1 saturated heterocycles. The normalized spacial score (nSPS) is 16.6. The fraction of sp³-hybridized carbons (Fsp3) is 0.440. The summed E-state index contributed by atoms with van der Waals surface area (Å²) in [6.45, 7) is 6.88. The van der Waals surface area contributed by atoms with Crippen molar-refractivity contribution in [2.75, 3.05) is 20.1 Å². The summed E-state index contributed by atoms with van der Waals surface area (Å²) in [4.78, 5) is 12.3. The van der Waals surface area contributed by atoms with Crippen molar-refractivity contribution in [3.63, 3.8) is 0 Å². The summed E-state index contributed by atoms with van der Waals surface area (Å²) < 4.78 is 31.3. The maximum Gasteiger partial charge on any atom is 0.243 e. The van der Waals surface area contributed by atoms with Crippen molar-refractivity contribution in [2.24, 2.45) is 0 Å². The highest BCUT2D eigenvalue weighted by molar-refractivity contribution is 7.89. The fourth-order valence-corrected chi connectivity index (χ4v) is 7.29. The molecule has 0 aliphatic carbocycles. The van der Waals surface area contributed by atoms with Crippen LogP contribution < -0.4 is 0 Å². The molecular weight excluding hydrogens is 466 g/mol. The van der Waals surface area contributed by atoms with Crippen LogP contribution in [0.1, 0.15) is 50.0 Å². The van der Waals surface area contributed by atoms with Crippen LogP contribution in [0.5, 0.6) is 0 Å². The van der Waals surface area contributed by atoms with Gasteiger partial charge in [-0.2, -0.15) is 4.31 Å². The third-order valence-electron chi connectivity index (χ3n) is 6.79. The Kier molecular flexibility index (Phi) is 6.45. The fourth-order valence-electron chi connectivity index (χ4n) is 4.67. The second kappa shape index (κ2) is 9.37. The Labute approximate surface area is 205 Å². The average molecular weight is 498 g/mol. The van der Waals surface area contributed by atoms with Crippen molar-refractivity contribution < 1.29 is 8.42 Å². The SMILES string of the molecule is CCn1c(CN(C)C(C)c2nc3ccccc3s2)nc2cc(S(=O)(=O)N3CCCCC3)ccc21. The van der Waals surface area contributed by atoms with Crippen molar-refractivity contribution >= 4 is 42.6 Å². The number of aryl methyl sites for hydroxylation is 1. The Bertz CT molecular complexity index is 1390. The summed E-state index contributed by atoms with van der Waals surface area (Å²) in [7, 11) is -1.40. The van der Waals surface area contributed by atoms with E-state index >= 15 is 0 Å². The van der Waals surface area contributed by atoms with Crippen molar-refractivity contribution in [1.29, 1.82) is 0 Å². The lowest BCUT2D eigenvalue weighted by atomic mass is 10.2. The molecule has 2 aromatic heterocycles. The predicted molar refractivity (Wildman–Crippen MR) is 138 cm³/mol. The van der Waals surface area contributed by atoms with Crippen LogP contribution in [0.3, 0.4) is 0 Å². The Hall–Kier alpha value is -2.33. The van der Waals surface area contributed by atoms with Gasteiger partial charge in [-0.3, -0.25) is 4.90 Å². The second-order valence-electron chi connectivity index (χ2n) is 9.00. The van der Waals surface area contributed by atoms with Crippen LogP contribution in [0.25, 0.3) is 21.3 Å². The van der Waals surface area contributed by atoms with Crippen LogP contribution in [0.15, 0.2) is 47.4 Å². The highest BCUT2D eigenvalue weighted by atomic mass is 32.2. The van der Waals surface area contributed by atoms with Gasteiger partial charge in [0.25, 0.3) is 0 Å². The molecule has 0 spiro atoms. The molecule has 2 aromatic carbocycles. The molecule has 1 fully saturated rings. The molecule has 180 valence electrons. The molecule has 4 aromatic rings. The molecular formula is C25H31N5O2S2. The molecule has 0 amide bonds. The molecule has 1 unspecified atom stereocenters. The van der Waals surface area contributed by atoms with Crippen LogP contribution in [-0.4, -0.2) is 52.3 Å². The van der Waals surface area contributed by atoms with E-state index in [1.54, 1.807) is 27.8 Å². The first kappa shape index (κ1) is 23.4. The maximum atomic E-state index is 13.2. The van der Waals surface area contributed by atoms with E-state index in [9.17, 15) is 8.42 Å².